The third-order valence-corrected chi connectivity index (χ3v) is 2.84. The van der Waals surface area contributed by atoms with Crippen molar-refractivity contribution in [3.8, 4) is 11.6 Å². The van der Waals surface area contributed by atoms with Crippen LogP contribution in [0.25, 0.3) is 0 Å². The molecule has 2 aromatic rings. The summed E-state index contributed by atoms with van der Waals surface area (Å²) in [6, 6.07) is 4.21. The van der Waals surface area contributed by atoms with Crippen molar-refractivity contribution in [1.29, 1.82) is 5.41 Å². The van der Waals surface area contributed by atoms with Gasteiger partial charge in [-0.2, -0.15) is 0 Å². The van der Waals surface area contributed by atoms with Gasteiger partial charge in [0, 0.05) is 11.8 Å². The van der Waals surface area contributed by atoms with Gasteiger partial charge in [-0.15, -0.1) is 0 Å². The van der Waals surface area contributed by atoms with Crippen LogP contribution in [0, 0.1) is 21.3 Å². The van der Waals surface area contributed by atoms with Crippen LogP contribution >= 0.6 is 11.6 Å². The molecular weight excluding hydrogens is 303 g/mol. The molecule has 1 heterocycles. The molecule has 0 amide bonds. The quantitative estimate of drug-likeness (QED) is 0.390. The van der Waals surface area contributed by atoms with E-state index in [1.807, 2.05) is 0 Å². The van der Waals surface area contributed by atoms with Gasteiger partial charge in [0.25, 0.3) is 0 Å². The van der Waals surface area contributed by atoms with E-state index in [4.69, 9.17) is 27.5 Å². The van der Waals surface area contributed by atoms with E-state index < -0.39 is 16.4 Å². The lowest BCUT2D eigenvalue weighted by Crippen LogP contribution is -2.12. The van der Waals surface area contributed by atoms with Crippen molar-refractivity contribution in [2.75, 3.05) is 0 Å². The number of nitro benzene ring substituents is 1. The van der Waals surface area contributed by atoms with Gasteiger partial charge in [0.1, 0.15) is 16.7 Å². The van der Waals surface area contributed by atoms with Crippen molar-refractivity contribution in [3.05, 3.63) is 57.0 Å². The molecule has 0 aliphatic carbocycles. The van der Waals surface area contributed by atoms with Crippen LogP contribution in [0.3, 0.4) is 0 Å². The molecular formula is C12H8ClFN4O3. The van der Waals surface area contributed by atoms with E-state index in [2.05, 4.69) is 4.98 Å². The molecule has 0 fully saturated rings. The lowest BCUT2D eigenvalue weighted by atomic mass is 10.2. The Hall–Kier alpha value is -2.74. The molecule has 0 saturated carbocycles. The summed E-state index contributed by atoms with van der Waals surface area (Å²) < 4.78 is 18.3. The van der Waals surface area contributed by atoms with Gasteiger partial charge in [0.05, 0.1) is 11.0 Å². The number of nitrogen functional groups attached to an aromatic ring is 1. The van der Waals surface area contributed by atoms with E-state index in [-0.39, 0.29) is 28.1 Å². The number of rotatable bonds is 4. The monoisotopic (exact) mass is 310 g/mol. The maximum Gasteiger partial charge on any atom is 0.314 e. The minimum Gasteiger partial charge on any atom is -0.430 e. The van der Waals surface area contributed by atoms with E-state index >= 15 is 0 Å². The average Bonchev–Trinajstić information content (AvgIpc) is 2.42. The Morgan fingerprint density at radius 3 is 2.81 bits per heavy atom. The van der Waals surface area contributed by atoms with Crippen LogP contribution in [-0.4, -0.2) is 15.7 Å². The first-order chi connectivity index (χ1) is 9.90. The van der Waals surface area contributed by atoms with Crippen LogP contribution < -0.4 is 10.5 Å². The number of hydrogen-bond donors (Lipinski definition) is 2. The molecule has 1 aromatic heterocycles. The summed E-state index contributed by atoms with van der Waals surface area (Å²) in [5.41, 5.74) is 4.94. The molecule has 21 heavy (non-hydrogen) atoms. The Labute approximate surface area is 122 Å². The molecule has 1 aromatic carbocycles. The molecule has 0 unspecified atom stereocenters. The number of nitrogens with zero attached hydrogens (tertiary/aromatic N) is 2. The van der Waals surface area contributed by atoms with Crippen molar-refractivity contribution in [2.24, 2.45) is 5.73 Å². The second-order valence-electron chi connectivity index (χ2n) is 3.86. The predicted molar refractivity (Wildman–Crippen MR) is 73.4 cm³/mol. The number of aromatic nitrogens is 1. The standard InChI is InChI=1S/C12H8ClFN4O3/c13-10-7(11(15)16)3-4-17-12(10)21-9-2-1-6(14)5-8(9)18(19)20/h1-5H,(H3,15,16). The number of hydrogen-bond acceptors (Lipinski definition) is 5. The van der Waals surface area contributed by atoms with E-state index in [9.17, 15) is 14.5 Å². The van der Waals surface area contributed by atoms with Gasteiger partial charge in [-0.3, -0.25) is 15.5 Å². The van der Waals surface area contributed by atoms with Crippen LogP contribution in [-0.2, 0) is 0 Å². The maximum atomic E-state index is 13.0. The van der Waals surface area contributed by atoms with E-state index in [1.165, 1.54) is 12.3 Å². The van der Waals surface area contributed by atoms with Gasteiger partial charge < -0.3 is 10.5 Å². The summed E-state index contributed by atoms with van der Waals surface area (Å²) in [6.45, 7) is 0. The first-order valence-corrected chi connectivity index (χ1v) is 5.88. The number of nitro groups is 1. The van der Waals surface area contributed by atoms with Crippen LogP contribution in [0.1, 0.15) is 5.56 Å². The number of halogens is 2. The highest BCUT2D eigenvalue weighted by Crippen LogP contribution is 2.35. The molecule has 0 aliphatic heterocycles. The lowest BCUT2D eigenvalue weighted by molar-refractivity contribution is -0.385. The fraction of sp³-hybridized carbons (Fsp3) is 0. The Balaban J connectivity index is 2.46. The van der Waals surface area contributed by atoms with Crippen molar-refractivity contribution in [3.63, 3.8) is 0 Å². The van der Waals surface area contributed by atoms with Crippen LogP contribution in [0.2, 0.25) is 5.02 Å². The zero-order valence-corrected chi connectivity index (χ0v) is 11.1. The first kappa shape index (κ1) is 14.7. The van der Waals surface area contributed by atoms with Crippen molar-refractivity contribution < 1.29 is 14.1 Å². The summed E-state index contributed by atoms with van der Waals surface area (Å²) in [7, 11) is 0. The van der Waals surface area contributed by atoms with Crippen molar-refractivity contribution in [2.45, 2.75) is 0 Å². The van der Waals surface area contributed by atoms with Crippen molar-refractivity contribution in [1.82, 2.24) is 4.98 Å². The smallest absolute Gasteiger partial charge is 0.314 e. The Bertz CT molecular complexity index is 738. The lowest BCUT2D eigenvalue weighted by Gasteiger charge is -2.09. The molecule has 0 aliphatic rings. The van der Waals surface area contributed by atoms with Gasteiger partial charge in [-0.1, -0.05) is 11.6 Å². The largest absolute Gasteiger partial charge is 0.430 e. The summed E-state index contributed by atoms with van der Waals surface area (Å²) in [5.74, 6) is -1.47. The van der Waals surface area contributed by atoms with Gasteiger partial charge in [0.2, 0.25) is 11.6 Å². The second kappa shape index (κ2) is 5.71. The summed E-state index contributed by atoms with van der Waals surface area (Å²) in [6.07, 6.45) is 1.29. The number of amidine groups is 1. The number of benzene rings is 1. The molecule has 108 valence electrons. The van der Waals surface area contributed by atoms with Crippen molar-refractivity contribution >= 4 is 23.1 Å². The molecule has 0 atom stereocenters. The summed E-state index contributed by atoms with van der Waals surface area (Å²) >= 11 is 5.96. The van der Waals surface area contributed by atoms with Crippen LogP contribution in [0.4, 0.5) is 10.1 Å². The molecule has 0 bridgehead atoms. The Morgan fingerprint density at radius 2 is 2.19 bits per heavy atom. The highest BCUT2D eigenvalue weighted by atomic mass is 35.5. The molecule has 9 heteroatoms. The number of nitrogens with one attached hydrogen (secondary N) is 1. The number of nitrogens with two attached hydrogens (primary N) is 1. The first-order valence-electron chi connectivity index (χ1n) is 5.51. The number of ether oxygens (including phenoxy) is 1. The Kier molecular flexibility index (Phi) is 3.99. The number of pyridine rings is 1. The zero-order chi connectivity index (χ0) is 15.6. The van der Waals surface area contributed by atoms with Gasteiger partial charge >= 0.3 is 5.69 Å². The van der Waals surface area contributed by atoms with Crippen LogP contribution in [0.5, 0.6) is 11.6 Å². The summed E-state index contributed by atoms with van der Waals surface area (Å²) in [4.78, 5) is 13.9. The van der Waals surface area contributed by atoms with E-state index in [0.717, 1.165) is 18.2 Å². The topological polar surface area (TPSA) is 115 Å². The minimum absolute atomic E-state index is 0.0661. The summed E-state index contributed by atoms with van der Waals surface area (Å²) in [5, 5.41) is 18.2. The third-order valence-electron chi connectivity index (χ3n) is 2.47. The van der Waals surface area contributed by atoms with Gasteiger partial charge in [-0.05, 0) is 18.2 Å². The van der Waals surface area contributed by atoms with E-state index in [1.54, 1.807) is 0 Å². The Morgan fingerprint density at radius 1 is 1.48 bits per heavy atom. The zero-order valence-electron chi connectivity index (χ0n) is 10.3. The van der Waals surface area contributed by atoms with E-state index in [0.29, 0.717) is 0 Å². The molecule has 2 rings (SSSR count). The van der Waals surface area contributed by atoms with Gasteiger partial charge in [0.15, 0.2) is 0 Å². The van der Waals surface area contributed by atoms with Gasteiger partial charge in [-0.25, -0.2) is 9.37 Å². The molecule has 0 spiro atoms. The fourth-order valence-electron chi connectivity index (χ4n) is 1.53. The minimum atomic E-state index is -0.791. The molecule has 7 nitrogen and oxygen atoms in total. The predicted octanol–water partition coefficient (Wildman–Crippen LogP) is 2.86. The molecule has 0 saturated heterocycles. The maximum absolute atomic E-state index is 13.0. The SMILES string of the molecule is N=C(N)c1ccnc(Oc2ccc(F)cc2[N+](=O)[O-])c1Cl. The highest BCUT2D eigenvalue weighted by Gasteiger charge is 2.19. The fourth-order valence-corrected chi connectivity index (χ4v) is 1.78. The highest BCUT2D eigenvalue weighted by molar-refractivity contribution is 6.35. The average molecular weight is 311 g/mol. The second-order valence-corrected chi connectivity index (χ2v) is 4.24. The van der Waals surface area contributed by atoms with Crippen LogP contribution in [0.15, 0.2) is 30.5 Å². The third kappa shape index (κ3) is 3.06. The molecule has 0 radical (unpaired) electrons. The molecule has 3 N–H and O–H groups in total. The normalized spacial score (nSPS) is 10.2.